The highest BCUT2D eigenvalue weighted by molar-refractivity contribution is 9.10. The predicted octanol–water partition coefficient (Wildman–Crippen LogP) is 6.57. The largest absolute Gasteiger partial charge is 0.460 e. The van der Waals surface area contributed by atoms with Gasteiger partial charge in [-0.15, -0.1) is 0 Å². The van der Waals surface area contributed by atoms with Gasteiger partial charge in [-0.25, -0.2) is 0 Å². The van der Waals surface area contributed by atoms with Crippen LogP contribution in [-0.4, -0.2) is 33.4 Å². The van der Waals surface area contributed by atoms with Gasteiger partial charge in [0.15, 0.2) is 0 Å². The summed E-state index contributed by atoms with van der Waals surface area (Å²) in [5, 5.41) is 5.13. The molecule has 0 fully saturated rings. The first-order valence-corrected chi connectivity index (χ1v) is 11.8. The quantitative estimate of drug-likeness (QED) is 0.348. The molecule has 2 aromatic carbocycles. The Bertz CT molecular complexity index is 1150. The van der Waals surface area contributed by atoms with Gasteiger partial charge in [0.1, 0.15) is 5.60 Å². The number of hydrogen-bond acceptors (Lipinski definition) is 4. The van der Waals surface area contributed by atoms with Crippen LogP contribution in [0.4, 0.5) is 13.2 Å². The van der Waals surface area contributed by atoms with E-state index in [1.54, 1.807) is 29.9 Å². The summed E-state index contributed by atoms with van der Waals surface area (Å²) in [7, 11) is 0. The monoisotopic (exact) mass is 555 g/mol. The lowest BCUT2D eigenvalue weighted by Crippen LogP contribution is -2.23. The van der Waals surface area contributed by atoms with Gasteiger partial charge in [-0.3, -0.25) is 14.3 Å². The average Bonchev–Trinajstić information content (AvgIpc) is 3.15. The molecule has 0 aliphatic heterocycles. The summed E-state index contributed by atoms with van der Waals surface area (Å²) >= 11 is 3.37. The Hall–Kier alpha value is -2.88. The average molecular weight is 556 g/mol. The van der Waals surface area contributed by atoms with Crippen LogP contribution < -0.4 is 5.73 Å². The summed E-state index contributed by atoms with van der Waals surface area (Å²) < 4.78 is 45.8. The first-order chi connectivity index (χ1) is 16.2. The fourth-order valence-corrected chi connectivity index (χ4v) is 3.66. The van der Waals surface area contributed by atoms with Crippen molar-refractivity contribution in [1.29, 1.82) is 0 Å². The third-order valence-electron chi connectivity index (χ3n) is 4.84. The molecule has 0 aliphatic carbocycles. The van der Waals surface area contributed by atoms with Crippen LogP contribution >= 0.6 is 15.9 Å². The number of nitrogens with zero attached hydrogens (tertiary/aromatic N) is 2. The summed E-state index contributed by atoms with van der Waals surface area (Å²) in [4.78, 5) is 21.8. The molecule has 1 amide bonds. The summed E-state index contributed by atoms with van der Waals surface area (Å²) in [5.41, 5.74) is 6.57. The molecule has 190 valence electrons. The Balaban J connectivity index is 0.000000410. The number of carbonyl (C=O) groups is 2. The maximum absolute atomic E-state index is 12.8. The number of benzene rings is 2. The van der Waals surface area contributed by atoms with Gasteiger partial charge in [-0.2, -0.15) is 18.3 Å². The SMILES string of the molecule is CCC(=O)OC(C)(C)C.NC(=O)c1ccc(C(CCC(F)(F)F)n2ncc3cc(Br)ccc32)cc1. The van der Waals surface area contributed by atoms with E-state index >= 15 is 0 Å². The summed E-state index contributed by atoms with van der Waals surface area (Å²) in [6.07, 6.45) is -3.29. The lowest BCUT2D eigenvalue weighted by atomic mass is 10.00. The molecule has 1 aromatic heterocycles. The van der Waals surface area contributed by atoms with Crippen molar-refractivity contribution in [1.82, 2.24) is 9.78 Å². The zero-order chi connectivity index (χ0) is 26.4. The molecular weight excluding hydrogens is 527 g/mol. The number of hydrogen-bond donors (Lipinski definition) is 1. The lowest BCUT2D eigenvalue weighted by Gasteiger charge is -2.20. The van der Waals surface area contributed by atoms with Crippen LogP contribution in [0.1, 0.15) is 68.9 Å². The molecule has 0 spiro atoms. The van der Waals surface area contributed by atoms with Gasteiger partial charge < -0.3 is 10.5 Å². The smallest absolute Gasteiger partial charge is 0.389 e. The fourth-order valence-electron chi connectivity index (χ4n) is 3.29. The third-order valence-corrected chi connectivity index (χ3v) is 5.34. The van der Waals surface area contributed by atoms with Crippen molar-refractivity contribution in [2.45, 2.75) is 64.8 Å². The zero-order valence-corrected chi connectivity index (χ0v) is 21.6. The lowest BCUT2D eigenvalue weighted by molar-refractivity contribution is -0.154. The van der Waals surface area contributed by atoms with Crippen molar-refractivity contribution in [2.24, 2.45) is 5.73 Å². The van der Waals surface area contributed by atoms with E-state index in [2.05, 4.69) is 21.0 Å². The Kier molecular flexibility index (Phi) is 9.48. The fraction of sp³-hybridized carbons (Fsp3) is 0.400. The van der Waals surface area contributed by atoms with Crippen LogP contribution in [0.15, 0.2) is 53.1 Å². The van der Waals surface area contributed by atoms with E-state index in [4.69, 9.17) is 10.5 Å². The van der Waals surface area contributed by atoms with E-state index in [1.807, 2.05) is 39.0 Å². The molecule has 1 unspecified atom stereocenters. The molecule has 10 heteroatoms. The van der Waals surface area contributed by atoms with Crippen LogP contribution in [0, 0.1) is 0 Å². The number of alkyl halides is 3. The summed E-state index contributed by atoms with van der Waals surface area (Å²) in [5.74, 6) is -0.722. The molecule has 1 atom stereocenters. The molecular formula is C25H29BrF3N3O3. The number of amides is 1. The first kappa shape index (κ1) is 28.4. The third kappa shape index (κ3) is 9.01. The number of aromatic nitrogens is 2. The van der Waals surface area contributed by atoms with E-state index < -0.39 is 24.5 Å². The predicted molar refractivity (Wildman–Crippen MR) is 132 cm³/mol. The van der Waals surface area contributed by atoms with Crippen LogP contribution in [0.2, 0.25) is 0 Å². The molecule has 2 N–H and O–H groups in total. The minimum absolute atomic E-state index is 0.137. The highest BCUT2D eigenvalue weighted by Crippen LogP contribution is 2.32. The van der Waals surface area contributed by atoms with Crippen molar-refractivity contribution in [3.05, 3.63) is 64.3 Å². The van der Waals surface area contributed by atoms with Gasteiger partial charge in [0.25, 0.3) is 0 Å². The van der Waals surface area contributed by atoms with E-state index in [-0.39, 0.29) is 18.0 Å². The second-order valence-electron chi connectivity index (χ2n) is 8.89. The maximum Gasteiger partial charge on any atom is 0.389 e. The van der Waals surface area contributed by atoms with Crippen LogP contribution in [-0.2, 0) is 9.53 Å². The topological polar surface area (TPSA) is 87.2 Å². The summed E-state index contributed by atoms with van der Waals surface area (Å²) in [6, 6.07) is 11.1. The van der Waals surface area contributed by atoms with Gasteiger partial charge in [0.05, 0.1) is 17.8 Å². The second kappa shape index (κ2) is 11.7. The van der Waals surface area contributed by atoms with E-state index in [1.165, 1.54) is 12.1 Å². The number of primary amides is 1. The molecule has 3 aromatic rings. The standard InChI is InChI=1S/C18H15BrF3N3O.C7H14O2/c19-14-5-6-15-13(9-14)10-24-25(15)16(7-8-18(20,21)22)11-1-3-12(4-2-11)17(23)26;1-5-6(8)9-7(2,3)4/h1-6,9-10,16H,7-8H2,(H2,23,26);5H2,1-4H3. The number of nitrogens with two attached hydrogens (primary N) is 1. The molecule has 1 heterocycles. The highest BCUT2D eigenvalue weighted by atomic mass is 79.9. The van der Waals surface area contributed by atoms with Crippen molar-refractivity contribution in [3.8, 4) is 0 Å². The van der Waals surface area contributed by atoms with Crippen molar-refractivity contribution < 1.29 is 27.5 Å². The molecule has 0 radical (unpaired) electrons. The van der Waals surface area contributed by atoms with Crippen LogP contribution in [0.3, 0.4) is 0 Å². The Labute approximate surface area is 210 Å². The molecule has 6 nitrogen and oxygen atoms in total. The highest BCUT2D eigenvalue weighted by Gasteiger charge is 2.30. The first-order valence-electron chi connectivity index (χ1n) is 11.0. The van der Waals surface area contributed by atoms with Gasteiger partial charge in [-0.05, 0) is 63.1 Å². The molecule has 3 rings (SSSR count). The number of fused-ring (bicyclic) bond motifs is 1. The number of carbonyl (C=O) groups excluding carboxylic acids is 2. The Morgan fingerprint density at radius 2 is 1.74 bits per heavy atom. The molecule has 0 saturated carbocycles. The normalized spacial score (nSPS) is 12.6. The van der Waals surface area contributed by atoms with Gasteiger partial charge in [-0.1, -0.05) is 35.0 Å². The molecule has 0 bridgehead atoms. The Morgan fingerprint density at radius 3 is 2.23 bits per heavy atom. The van der Waals surface area contributed by atoms with Crippen LogP contribution in [0.5, 0.6) is 0 Å². The van der Waals surface area contributed by atoms with Crippen molar-refractivity contribution in [2.75, 3.05) is 0 Å². The molecule has 0 aliphatic rings. The summed E-state index contributed by atoms with van der Waals surface area (Å²) in [6.45, 7) is 7.37. The van der Waals surface area contributed by atoms with E-state index in [0.717, 1.165) is 15.4 Å². The van der Waals surface area contributed by atoms with Gasteiger partial charge >= 0.3 is 12.1 Å². The number of halogens is 4. The van der Waals surface area contributed by atoms with Gasteiger partial charge in [0, 0.05) is 28.3 Å². The zero-order valence-electron chi connectivity index (χ0n) is 20.0. The minimum Gasteiger partial charge on any atom is -0.460 e. The van der Waals surface area contributed by atoms with E-state index in [0.29, 0.717) is 17.5 Å². The number of rotatable bonds is 6. The van der Waals surface area contributed by atoms with Crippen LogP contribution in [0.25, 0.3) is 10.9 Å². The van der Waals surface area contributed by atoms with Gasteiger partial charge in [0.2, 0.25) is 5.91 Å². The number of esters is 1. The molecule has 35 heavy (non-hydrogen) atoms. The van der Waals surface area contributed by atoms with Crippen molar-refractivity contribution >= 4 is 38.7 Å². The minimum atomic E-state index is -4.27. The Morgan fingerprint density at radius 1 is 1.11 bits per heavy atom. The molecule has 0 saturated heterocycles. The maximum atomic E-state index is 12.8. The van der Waals surface area contributed by atoms with E-state index in [9.17, 15) is 22.8 Å². The van der Waals surface area contributed by atoms with Crippen molar-refractivity contribution in [3.63, 3.8) is 0 Å². The number of ether oxygens (including phenoxy) is 1. The second-order valence-corrected chi connectivity index (χ2v) is 9.80.